The lowest BCUT2D eigenvalue weighted by atomic mass is 9.97. The van der Waals surface area contributed by atoms with Crippen molar-refractivity contribution in [2.24, 2.45) is 5.73 Å². The highest BCUT2D eigenvalue weighted by molar-refractivity contribution is 5.35. The molecule has 0 radical (unpaired) electrons. The smallest absolute Gasteiger partial charge is 0.134 e. The summed E-state index contributed by atoms with van der Waals surface area (Å²) in [5, 5.41) is 0. The van der Waals surface area contributed by atoms with Crippen LogP contribution in [0.5, 0.6) is 0 Å². The van der Waals surface area contributed by atoms with Crippen LogP contribution in [0, 0.1) is 30.2 Å². The zero-order valence-electron chi connectivity index (χ0n) is 10.1. The van der Waals surface area contributed by atoms with Gasteiger partial charge in [-0.15, -0.1) is 0 Å². The van der Waals surface area contributed by atoms with E-state index in [1.54, 1.807) is 0 Å². The Hall–Kier alpha value is -1.88. The first-order chi connectivity index (χ1) is 8.90. The molecule has 100 valence electrons. The van der Waals surface area contributed by atoms with E-state index in [0.29, 0.717) is 23.3 Å². The molecule has 0 saturated carbocycles. The molecule has 5 heteroatoms. The maximum Gasteiger partial charge on any atom is 0.134 e. The van der Waals surface area contributed by atoms with Gasteiger partial charge < -0.3 is 5.73 Å². The molecule has 2 aromatic rings. The van der Waals surface area contributed by atoms with Crippen LogP contribution < -0.4 is 5.73 Å². The van der Waals surface area contributed by atoms with Gasteiger partial charge in [-0.2, -0.15) is 0 Å². The van der Waals surface area contributed by atoms with Crippen molar-refractivity contribution in [3.8, 4) is 0 Å². The monoisotopic (exact) mass is 269 g/mol. The SMILES string of the molecule is Cc1cc(C(N)c2c(F)cc(F)cc2F)ccc1F. The quantitative estimate of drug-likeness (QED) is 0.828. The summed E-state index contributed by atoms with van der Waals surface area (Å²) in [6, 6.07) is 3.92. The number of hydrogen-bond acceptors (Lipinski definition) is 1. The van der Waals surface area contributed by atoms with E-state index in [1.807, 2.05) is 0 Å². The van der Waals surface area contributed by atoms with E-state index in [-0.39, 0.29) is 0 Å². The fraction of sp³-hybridized carbons (Fsp3) is 0.143. The molecule has 0 aliphatic heterocycles. The van der Waals surface area contributed by atoms with E-state index in [0.717, 1.165) is 0 Å². The van der Waals surface area contributed by atoms with Gasteiger partial charge in [0.25, 0.3) is 0 Å². The molecule has 2 aromatic carbocycles. The van der Waals surface area contributed by atoms with Crippen molar-refractivity contribution >= 4 is 0 Å². The summed E-state index contributed by atoms with van der Waals surface area (Å²) in [7, 11) is 0. The van der Waals surface area contributed by atoms with E-state index in [2.05, 4.69) is 0 Å². The van der Waals surface area contributed by atoms with E-state index in [9.17, 15) is 17.6 Å². The minimum atomic E-state index is -1.13. The van der Waals surface area contributed by atoms with Crippen LogP contribution >= 0.6 is 0 Å². The molecule has 1 nitrogen and oxygen atoms in total. The number of halogens is 4. The molecule has 0 amide bonds. The van der Waals surface area contributed by atoms with E-state index in [4.69, 9.17) is 5.73 Å². The fourth-order valence-corrected chi connectivity index (χ4v) is 1.88. The third kappa shape index (κ3) is 2.61. The molecule has 0 aliphatic rings. The van der Waals surface area contributed by atoms with E-state index < -0.39 is 34.9 Å². The lowest BCUT2D eigenvalue weighted by Crippen LogP contribution is -2.16. The third-order valence-corrected chi connectivity index (χ3v) is 2.90. The van der Waals surface area contributed by atoms with Crippen molar-refractivity contribution in [1.82, 2.24) is 0 Å². The first kappa shape index (κ1) is 13.5. The molecular weight excluding hydrogens is 258 g/mol. The number of hydrogen-bond donors (Lipinski definition) is 1. The molecular formula is C14H11F4N. The second-order valence-electron chi connectivity index (χ2n) is 4.27. The van der Waals surface area contributed by atoms with Gasteiger partial charge in [-0.05, 0) is 24.1 Å². The summed E-state index contributed by atoms with van der Waals surface area (Å²) in [5.74, 6) is -3.57. The number of nitrogens with two attached hydrogens (primary N) is 1. The van der Waals surface area contributed by atoms with Crippen LogP contribution in [-0.2, 0) is 0 Å². The van der Waals surface area contributed by atoms with Crippen LogP contribution in [0.25, 0.3) is 0 Å². The zero-order valence-corrected chi connectivity index (χ0v) is 10.1. The number of aryl methyl sites for hydroxylation is 1. The van der Waals surface area contributed by atoms with Gasteiger partial charge >= 0.3 is 0 Å². The number of benzene rings is 2. The predicted molar refractivity (Wildman–Crippen MR) is 63.5 cm³/mol. The molecule has 0 aliphatic carbocycles. The number of rotatable bonds is 2. The van der Waals surface area contributed by atoms with Crippen LogP contribution in [0.1, 0.15) is 22.7 Å². The van der Waals surface area contributed by atoms with Crippen molar-refractivity contribution in [2.75, 3.05) is 0 Å². The maximum absolute atomic E-state index is 13.6. The van der Waals surface area contributed by atoms with Gasteiger partial charge in [-0.1, -0.05) is 12.1 Å². The minimum Gasteiger partial charge on any atom is -0.320 e. The molecule has 0 fully saturated rings. The Morgan fingerprint density at radius 2 is 1.47 bits per heavy atom. The highest BCUT2D eigenvalue weighted by Gasteiger charge is 2.20. The molecule has 1 unspecified atom stereocenters. The van der Waals surface area contributed by atoms with E-state index >= 15 is 0 Å². The predicted octanol–water partition coefficient (Wildman–Crippen LogP) is 3.60. The molecule has 0 bridgehead atoms. The van der Waals surface area contributed by atoms with Crippen LogP contribution in [0.3, 0.4) is 0 Å². The third-order valence-electron chi connectivity index (χ3n) is 2.90. The highest BCUT2D eigenvalue weighted by Crippen LogP contribution is 2.26. The van der Waals surface area contributed by atoms with Crippen LogP contribution in [0.4, 0.5) is 17.6 Å². The Kier molecular flexibility index (Phi) is 3.57. The molecule has 2 rings (SSSR count). The summed E-state index contributed by atoms with van der Waals surface area (Å²) >= 11 is 0. The normalized spacial score (nSPS) is 12.5. The maximum atomic E-state index is 13.6. The first-order valence-corrected chi connectivity index (χ1v) is 5.56. The van der Waals surface area contributed by atoms with Crippen LogP contribution in [0.15, 0.2) is 30.3 Å². The summed E-state index contributed by atoms with van der Waals surface area (Å²) in [6.07, 6.45) is 0. The minimum absolute atomic E-state index is 0.316. The van der Waals surface area contributed by atoms with Crippen molar-refractivity contribution in [2.45, 2.75) is 13.0 Å². The average Bonchev–Trinajstić information content (AvgIpc) is 2.31. The highest BCUT2D eigenvalue weighted by atomic mass is 19.1. The average molecular weight is 269 g/mol. The molecule has 2 N–H and O–H groups in total. The Morgan fingerprint density at radius 1 is 0.895 bits per heavy atom. The van der Waals surface area contributed by atoms with Crippen molar-refractivity contribution < 1.29 is 17.6 Å². The topological polar surface area (TPSA) is 26.0 Å². The van der Waals surface area contributed by atoms with Crippen molar-refractivity contribution in [3.05, 3.63) is 70.3 Å². The van der Waals surface area contributed by atoms with Gasteiger partial charge in [0.15, 0.2) is 0 Å². The van der Waals surface area contributed by atoms with Gasteiger partial charge in [0, 0.05) is 17.7 Å². The zero-order chi connectivity index (χ0) is 14.2. The Labute approximate surface area is 107 Å². The summed E-state index contributed by atoms with van der Waals surface area (Å²) in [6.45, 7) is 1.52. The molecule has 0 spiro atoms. The largest absolute Gasteiger partial charge is 0.320 e. The Bertz CT molecular complexity index is 602. The van der Waals surface area contributed by atoms with Gasteiger partial charge in [-0.3, -0.25) is 0 Å². The van der Waals surface area contributed by atoms with Crippen molar-refractivity contribution in [1.29, 1.82) is 0 Å². The lowest BCUT2D eigenvalue weighted by Gasteiger charge is -2.15. The second kappa shape index (κ2) is 5.01. The fourth-order valence-electron chi connectivity index (χ4n) is 1.88. The standard InChI is InChI=1S/C14H11F4N/c1-7-4-8(2-3-10(7)16)14(19)13-11(17)5-9(15)6-12(13)18/h2-6,14H,19H2,1H3. The first-order valence-electron chi connectivity index (χ1n) is 5.56. The van der Waals surface area contributed by atoms with Crippen molar-refractivity contribution in [3.63, 3.8) is 0 Å². The summed E-state index contributed by atoms with van der Waals surface area (Å²) < 4.78 is 53.1. The van der Waals surface area contributed by atoms with E-state index in [1.165, 1.54) is 25.1 Å². The molecule has 19 heavy (non-hydrogen) atoms. The molecule has 0 saturated heterocycles. The van der Waals surface area contributed by atoms with Crippen LogP contribution in [0.2, 0.25) is 0 Å². The van der Waals surface area contributed by atoms with Gasteiger partial charge in [0.2, 0.25) is 0 Å². The summed E-state index contributed by atoms with van der Waals surface area (Å²) in [5.41, 5.74) is 5.99. The molecule has 1 atom stereocenters. The summed E-state index contributed by atoms with van der Waals surface area (Å²) in [4.78, 5) is 0. The van der Waals surface area contributed by atoms with Gasteiger partial charge in [0.1, 0.15) is 23.3 Å². The molecule has 0 heterocycles. The Balaban J connectivity index is 2.49. The Morgan fingerprint density at radius 3 is 2.00 bits per heavy atom. The van der Waals surface area contributed by atoms with Crippen LogP contribution in [-0.4, -0.2) is 0 Å². The second-order valence-corrected chi connectivity index (χ2v) is 4.27. The molecule has 0 aromatic heterocycles. The van der Waals surface area contributed by atoms with Gasteiger partial charge in [0.05, 0.1) is 6.04 Å². The lowest BCUT2D eigenvalue weighted by molar-refractivity contribution is 0.515. The van der Waals surface area contributed by atoms with Gasteiger partial charge in [-0.25, -0.2) is 17.6 Å².